The minimum Gasteiger partial charge on any atom is -0.462 e. The van der Waals surface area contributed by atoms with Crippen LogP contribution < -0.4 is 0 Å². The van der Waals surface area contributed by atoms with Crippen LogP contribution >= 0.6 is 15.6 Å². The van der Waals surface area contributed by atoms with Crippen molar-refractivity contribution in [2.24, 2.45) is 23.7 Å². The molecule has 0 fully saturated rings. The minimum absolute atomic E-state index is 0.107. The molecule has 0 aliphatic heterocycles. The van der Waals surface area contributed by atoms with E-state index in [0.717, 1.165) is 120 Å². The van der Waals surface area contributed by atoms with Gasteiger partial charge in [-0.1, -0.05) is 389 Å². The van der Waals surface area contributed by atoms with Crippen molar-refractivity contribution in [1.82, 2.24) is 0 Å². The van der Waals surface area contributed by atoms with Crippen LogP contribution in [0.15, 0.2) is 0 Å². The van der Waals surface area contributed by atoms with Gasteiger partial charge in [-0.15, -0.1) is 0 Å². The van der Waals surface area contributed by atoms with Gasteiger partial charge in [0.1, 0.15) is 19.3 Å². The molecule has 5 unspecified atom stereocenters. The summed E-state index contributed by atoms with van der Waals surface area (Å²) in [5.41, 5.74) is 0. The third-order valence-corrected chi connectivity index (χ3v) is 22.8. The highest BCUT2D eigenvalue weighted by molar-refractivity contribution is 7.47. The predicted octanol–water partition coefficient (Wildman–Crippen LogP) is 25.6. The van der Waals surface area contributed by atoms with E-state index in [4.69, 9.17) is 37.0 Å². The number of aliphatic hydroxyl groups is 1. The van der Waals surface area contributed by atoms with Gasteiger partial charge >= 0.3 is 39.5 Å². The molecule has 0 aromatic heterocycles. The molecule has 0 bridgehead atoms. The molecule has 17 nitrogen and oxygen atoms in total. The Bertz CT molecular complexity index is 2030. The molecule has 0 saturated heterocycles. The monoisotopic (exact) mass is 1520 g/mol. The van der Waals surface area contributed by atoms with Gasteiger partial charge in [-0.25, -0.2) is 9.13 Å². The Kier molecular flexibility index (Phi) is 72.5. The second-order valence-corrected chi connectivity index (χ2v) is 34.7. The lowest BCUT2D eigenvalue weighted by Crippen LogP contribution is -2.30. The minimum atomic E-state index is -4.96. The van der Waals surface area contributed by atoms with Crippen molar-refractivity contribution < 1.29 is 80.2 Å². The Labute approximate surface area is 638 Å². The highest BCUT2D eigenvalue weighted by Crippen LogP contribution is 2.45. The van der Waals surface area contributed by atoms with Crippen molar-refractivity contribution in [2.45, 2.75) is 459 Å². The van der Waals surface area contributed by atoms with E-state index < -0.39 is 97.5 Å². The molecular formula is C85H166O17P2. The maximum Gasteiger partial charge on any atom is 0.472 e. The van der Waals surface area contributed by atoms with Crippen LogP contribution in [0.25, 0.3) is 0 Å². The Morgan fingerprint density at radius 2 is 0.462 bits per heavy atom. The van der Waals surface area contributed by atoms with Crippen molar-refractivity contribution >= 4 is 39.5 Å². The second-order valence-electron chi connectivity index (χ2n) is 31.8. The Morgan fingerprint density at radius 1 is 0.269 bits per heavy atom. The fraction of sp³-hybridized carbons (Fsp3) is 0.953. The van der Waals surface area contributed by atoms with Crippen LogP contribution in [0, 0.1) is 23.7 Å². The van der Waals surface area contributed by atoms with E-state index in [1.54, 1.807) is 0 Å². The summed E-state index contributed by atoms with van der Waals surface area (Å²) < 4.78 is 68.8. The first-order valence-electron chi connectivity index (χ1n) is 43.8. The zero-order valence-corrected chi connectivity index (χ0v) is 70.5. The molecule has 0 saturated carbocycles. The average Bonchev–Trinajstić information content (AvgIpc) is 0.903. The first-order chi connectivity index (χ1) is 50.2. The molecule has 0 rings (SSSR count). The van der Waals surface area contributed by atoms with Crippen LogP contribution in [0.3, 0.4) is 0 Å². The topological polar surface area (TPSA) is 237 Å². The molecule has 0 aliphatic rings. The molecule has 19 heteroatoms. The fourth-order valence-electron chi connectivity index (χ4n) is 13.0. The number of phosphoric acid groups is 2. The van der Waals surface area contributed by atoms with E-state index in [1.165, 1.54) is 231 Å². The van der Waals surface area contributed by atoms with Gasteiger partial charge in [0.2, 0.25) is 0 Å². The molecule has 0 aromatic carbocycles. The molecule has 0 heterocycles. The van der Waals surface area contributed by atoms with Gasteiger partial charge in [0.15, 0.2) is 12.2 Å². The summed E-state index contributed by atoms with van der Waals surface area (Å²) in [5, 5.41) is 10.7. The predicted molar refractivity (Wildman–Crippen MR) is 428 cm³/mol. The lowest BCUT2D eigenvalue weighted by atomic mass is 9.99. The second kappa shape index (κ2) is 73.8. The van der Waals surface area contributed by atoms with Crippen LogP contribution in [0.4, 0.5) is 0 Å². The molecule has 104 heavy (non-hydrogen) atoms. The molecular weight excluding hydrogens is 1350 g/mol. The number of unbranched alkanes of at least 4 members (excludes halogenated alkanes) is 45. The highest BCUT2D eigenvalue weighted by Gasteiger charge is 2.31. The number of aliphatic hydroxyl groups excluding tert-OH is 1. The summed E-state index contributed by atoms with van der Waals surface area (Å²) in [5.74, 6) is 1.06. The van der Waals surface area contributed by atoms with Crippen molar-refractivity contribution in [3.05, 3.63) is 0 Å². The van der Waals surface area contributed by atoms with Gasteiger partial charge in [0, 0.05) is 25.7 Å². The maximum absolute atomic E-state index is 13.1. The molecule has 618 valence electrons. The Morgan fingerprint density at radius 3 is 0.683 bits per heavy atom. The maximum atomic E-state index is 13.1. The van der Waals surface area contributed by atoms with Gasteiger partial charge in [0.25, 0.3) is 0 Å². The van der Waals surface area contributed by atoms with E-state index in [2.05, 4.69) is 55.4 Å². The summed E-state index contributed by atoms with van der Waals surface area (Å²) in [7, 11) is -9.92. The SMILES string of the molecule is CCC(C)CCCCCCCCCCCCCCCCCCCCC(=O)O[C@H](COC(=O)CCCCCCCCCC(C)C)COP(=O)(O)OC[C@@H](O)COP(=O)(O)OC[C@@H](COC(=O)CCCCCCCCC(C)CC)OC(=O)CCCCCCCCCCCCCCCCCCCCC(C)CC. The smallest absolute Gasteiger partial charge is 0.462 e. The van der Waals surface area contributed by atoms with Crippen LogP contribution in [0.1, 0.15) is 441 Å². The lowest BCUT2D eigenvalue weighted by Gasteiger charge is -2.21. The molecule has 0 radical (unpaired) electrons. The zero-order valence-electron chi connectivity index (χ0n) is 68.7. The van der Waals surface area contributed by atoms with Crippen molar-refractivity contribution in [1.29, 1.82) is 0 Å². The highest BCUT2D eigenvalue weighted by atomic mass is 31.2. The molecule has 0 spiro atoms. The van der Waals surface area contributed by atoms with E-state index in [9.17, 15) is 43.2 Å². The lowest BCUT2D eigenvalue weighted by molar-refractivity contribution is -0.161. The van der Waals surface area contributed by atoms with Gasteiger partial charge in [0.05, 0.1) is 26.4 Å². The molecule has 0 amide bonds. The van der Waals surface area contributed by atoms with Crippen molar-refractivity contribution in [3.63, 3.8) is 0 Å². The van der Waals surface area contributed by atoms with Crippen molar-refractivity contribution in [3.8, 4) is 0 Å². The number of rotatable bonds is 82. The van der Waals surface area contributed by atoms with E-state index >= 15 is 0 Å². The van der Waals surface area contributed by atoms with Gasteiger partial charge in [-0.3, -0.25) is 37.3 Å². The normalized spacial score (nSPS) is 14.7. The van der Waals surface area contributed by atoms with E-state index in [-0.39, 0.29) is 25.7 Å². The van der Waals surface area contributed by atoms with Gasteiger partial charge in [-0.05, 0) is 49.4 Å². The molecule has 0 aliphatic carbocycles. The zero-order chi connectivity index (χ0) is 76.7. The number of carbonyl (C=O) groups excluding carboxylic acids is 4. The number of phosphoric ester groups is 2. The van der Waals surface area contributed by atoms with Crippen LogP contribution in [-0.4, -0.2) is 96.7 Å². The summed E-state index contributed by atoms with van der Waals surface area (Å²) in [6.07, 6.45) is 62.7. The largest absolute Gasteiger partial charge is 0.472 e. The summed E-state index contributed by atoms with van der Waals surface area (Å²) in [4.78, 5) is 73.1. The number of ether oxygens (including phenoxy) is 4. The number of carbonyl (C=O) groups is 4. The number of hydrogen-bond acceptors (Lipinski definition) is 15. The summed E-state index contributed by atoms with van der Waals surface area (Å²) in [6.45, 7) is 14.3. The Hall–Kier alpha value is -1.94. The first kappa shape index (κ1) is 102. The standard InChI is InChI=1S/C85H166O17P2/c1-9-76(6)62-54-46-38-32-28-24-20-16-12-14-18-22-26-30-34-40-51-59-67-84(89)101-80(71-95-82(87)65-57-49-42-36-37-45-53-61-75(4)5)73-99-103(91,92)97-69-79(86)70-98-104(93,94)100-74-81(72-96-83(88)66-58-50-44-43-48-56-64-78(8)11-3)102-85(90)68-60-52-41-35-31-27-23-19-15-13-17-21-25-29-33-39-47-55-63-77(7)10-2/h75-81,86H,9-74H2,1-8H3,(H,91,92)(H,93,94)/t76?,77?,78?,79-,80-,81-/m1/s1. The van der Waals surface area contributed by atoms with Gasteiger partial charge < -0.3 is 33.8 Å². The number of esters is 4. The summed E-state index contributed by atoms with van der Waals surface area (Å²) in [6, 6.07) is 0. The van der Waals surface area contributed by atoms with Crippen LogP contribution in [0.5, 0.6) is 0 Å². The van der Waals surface area contributed by atoms with Crippen LogP contribution in [0.2, 0.25) is 0 Å². The van der Waals surface area contributed by atoms with E-state index in [1.807, 2.05) is 0 Å². The number of hydrogen-bond donors (Lipinski definition) is 3. The average molecular weight is 1520 g/mol. The first-order valence-corrected chi connectivity index (χ1v) is 46.8. The molecule has 8 atom stereocenters. The Balaban J connectivity index is 5.13. The third-order valence-electron chi connectivity index (χ3n) is 20.9. The van der Waals surface area contributed by atoms with E-state index in [0.29, 0.717) is 31.6 Å². The quantitative estimate of drug-likeness (QED) is 0.0222. The van der Waals surface area contributed by atoms with Crippen molar-refractivity contribution in [2.75, 3.05) is 39.6 Å². The van der Waals surface area contributed by atoms with Gasteiger partial charge in [-0.2, -0.15) is 0 Å². The molecule has 3 N–H and O–H groups in total. The third kappa shape index (κ3) is 74.2. The summed E-state index contributed by atoms with van der Waals surface area (Å²) >= 11 is 0. The van der Waals surface area contributed by atoms with Crippen LogP contribution in [-0.2, 0) is 65.4 Å². The molecule has 0 aromatic rings. The fourth-order valence-corrected chi connectivity index (χ4v) is 14.6.